The summed E-state index contributed by atoms with van der Waals surface area (Å²) in [5.74, 6) is 0.722. The largest absolute Gasteiger partial charge is 0.468 e. The summed E-state index contributed by atoms with van der Waals surface area (Å²) in [6.45, 7) is 10.6. The fourth-order valence-corrected chi connectivity index (χ4v) is 2.82. The van der Waals surface area contributed by atoms with Gasteiger partial charge in [0.15, 0.2) is 0 Å². The summed E-state index contributed by atoms with van der Waals surface area (Å²) < 4.78 is 4.91. The molecule has 4 nitrogen and oxygen atoms in total. The zero-order chi connectivity index (χ0) is 14.3. The number of nitrogens with one attached hydrogen (secondary N) is 1. The Morgan fingerprint density at radius 3 is 2.58 bits per heavy atom. The van der Waals surface area contributed by atoms with Crippen LogP contribution in [-0.2, 0) is 9.53 Å². The summed E-state index contributed by atoms with van der Waals surface area (Å²) in [6.07, 6.45) is 4.48. The number of carbonyl (C=O) groups is 1. The third kappa shape index (κ3) is 5.11. The van der Waals surface area contributed by atoms with Gasteiger partial charge in [-0.15, -0.1) is 0 Å². The molecular formula is C15H30N2O2. The van der Waals surface area contributed by atoms with Crippen LogP contribution >= 0.6 is 0 Å². The third-order valence-corrected chi connectivity index (χ3v) is 4.23. The molecule has 4 heteroatoms. The Hall–Kier alpha value is -0.610. The lowest BCUT2D eigenvalue weighted by atomic mass is 9.94. The summed E-state index contributed by atoms with van der Waals surface area (Å²) in [6, 6.07) is 0. The van der Waals surface area contributed by atoms with E-state index >= 15 is 0 Å². The molecule has 112 valence electrons. The maximum absolute atomic E-state index is 11.9. The molecule has 0 aromatic carbocycles. The van der Waals surface area contributed by atoms with E-state index in [4.69, 9.17) is 4.74 Å². The van der Waals surface area contributed by atoms with Crippen molar-refractivity contribution in [3.63, 3.8) is 0 Å². The standard InChI is InChI=1S/C15H30N2O2/c1-5-16-15(3,14(18)19-4)9-6-10-17-11-7-13(2)8-12-17/h13,16H,5-12H2,1-4H3. The molecular weight excluding hydrogens is 240 g/mol. The van der Waals surface area contributed by atoms with E-state index in [9.17, 15) is 4.79 Å². The number of esters is 1. The van der Waals surface area contributed by atoms with Crippen molar-refractivity contribution in [1.29, 1.82) is 0 Å². The van der Waals surface area contributed by atoms with E-state index in [0.717, 1.165) is 31.8 Å². The van der Waals surface area contributed by atoms with Crippen molar-refractivity contribution in [3.8, 4) is 0 Å². The minimum absolute atomic E-state index is 0.151. The molecule has 0 radical (unpaired) electrons. The van der Waals surface area contributed by atoms with Crippen LogP contribution in [0.1, 0.15) is 46.5 Å². The quantitative estimate of drug-likeness (QED) is 0.719. The smallest absolute Gasteiger partial charge is 0.325 e. The van der Waals surface area contributed by atoms with E-state index in [2.05, 4.69) is 17.1 Å². The molecule has 1 heterocycles. The second-order valence-corrected chi connectivity index (χ2v) is 5.98. The zero-order valence-electron chi connectivity index (χ0n) is 13.0. The average molecular weight is 270 g/mol. The Labute approximate surface area is 117 Å². The van der Waals surface area contributed by atoms with Gasteiger partial charge in [-0.2, -0.15) is 0 Å². The average Bonchev–Trinajstić information content (AvgIpc) is 2.40. The van der Waals surface area contributed by atoms with Gasteiger partial charge < -0.3 is 15.0 Å². The lowest BCUT2D eigenvalue weighted by Gasteiger charge is -2.32. The maximum atomic E-state index is 11.9. The molecule has 1 saturated heterocycles. The van der Waals surface area contributed by atoms with E-state index in [0.29, 0.717) is 0 Å². The maximum Gasteiger partial charge on any atom is 0.325 e. The van der Waals surface area contributed by atoms with Gasteiger partial charge in [0.2, 0.25) is 0 Å². The van der Waals surface area contributed by atoms with Crippen molar-refractivity contribution in [2.45, 2.75) is 52.0 Å². The van der Waals surface area contributed by atoms with Crippen LogP contribution in [-0.4, -0.2) is 49.7 Å². The van der Waals surface area contributed by atoms with Crippen LogP contribution < -0.4 is 5.32 Å². The SMILES string of the molecule is CCNC(C)(CCCN1CCC(C)CC1)C(=O)OC. The Bertz CT molecular complexity index is 275. The molecule has 1 unspecified atom stereocenters. The fraction of sp³-hybridized carbons (Fsp3) is 0.933. The van der Waals surface area contributed by atoms with Crippen molar-refractivity contribution < 1.29 is 9.53 Å². The molecule has 0 aromatic heterocycles. The highest BCUT2D eigenvalue weighted by Gasteiger charge is 2.32. The van der Waals surface area contributed by atoms with Gasteiger partial charge in [0.1, 0.15) is 5.54 Å². The number of hydrogen-bond donors (Lipinski definition) is 1. The predicted molar refractivity (Wildman–Crippen MR) is 78.2 cm³/mol. The number of rotatable bonds is 7. The first kappa shape index (κ1) is 16.4. The number of ether oxygens (including phenoxy) is 1. The van der Waals surface area contributed by atoms with Crippen LogP contribution in [0.2, 0.25) is 0 Å². The number of piperidine rings is 1. The van der Waals surface area contributed by atoms with Crippen LogP contribution in [0.3, 0.4) is 0 Å². The van der Waals surface area contributed by atoms with Gasteiger partial charge in [-0.05, 0) is 64.7 Å². The predicted octanol–water partition coefficient (Wildman–Crippen LogP) is 2.04. The highest BCUT2D eigenvalue weighted by molar-refractivity contribution is 5.80. The molecule has 1 rings (SSSR count). The number of carbonyl (C=O) groups excluding carboxylic acids is 1. The Morgan fingerprint density at radius 2 is 2.05 bits per heavy atom. The molecule has 19 heavy (non-hydrogen) atoms. The number of hydrogen-bond acceptors (Lipinski definition) is 4. The van der Waals surface area contributed by atoms with E-state index in [1.165, 1.54) is 33.0 Å². The number of likely N-dealkylation sites (tertiary alicyclic amines) is 1. The third-order valence-electron chi connectivity index (χ3n) is 4.23. The second-order valence-electron chi connectivity index (χ2n) is 5.98. The number of methoxy groups -OCH3 is 1. The first-order valence-electron chi connectivity index (χ1n) is 7.57. The van der Waals surface area contributed by atoms with Crippen molar-refractivity contribution in [2.24, 2.45) is 5.92 Å². The monoisotopic (exact) mass is 270 g/mol. The summed E-state index contributed by atoms with van der Waals surface area (Å²) in [7, 11) is 1.46. The van der Waals surface area contributed by atoms with E-state index in [1.54, 1.807) is 0 Å². The molecule has 1 N–H and O–H groups in total. The van der Waals surface area contributed by atoms with Crippen LogP contribution in [0.4, 0.5) is 0 Å². The van der Waals surface area contributed by atoms with Gasteiger partial charge in [0, 0.05) is 0 Å². The van der Waals surface area contributed by atoms with Crippen LogP contribution in [0, 0.1) is 5.92 Å². The van der Waals surface area contributed by atoms with Gasteiger partial charge in [-0.25, -0.2) is 0 Å². The van der Waals surface area contributed by atoms with Gasteiger partial charge in [-0.3, -0.25) is 4.79 Å². The van der Waals surface area contributed by atoms with Crippen molar-refractivity contribution in [3.05, 3.63) is 0 Å². The van der Waals surface area contributed by atoms with E-state index in [1.807, 2.05) is 13.8 Å². The first-order valence-corrected chi connectivity index (χ1v) is 7.57. The summed E-state index contributed by atoms with van der Waals surface area (Å²) in [4.78, 5) is 14.4. The van der Waals surface area contributed by atoms with Gasteiger partial charge >= 0.3 is 5.97 Å². The van der Waals surface area contributed by atoms with Crippen LogP contribution in [0.25, 0.3) is 0 Å². The van der Waals surface area contributed by atoms with Crippen molar-refractivity contribution in [1.82, 2.24) is 10.2 Å². The molecule has 1 atom stereocenters. The molecule has 1 aliphatic rings. The van der Waals surface area contributed by atoms with Crippen molar-refractivity contribution >= 4 is 5.97 Å². The second kappa shape index (κ2) is 7.85. The Morgan fingerprint density at radius 1 is 1.42 bits per heavy atom. The Kier molecular flexibility index (Phi) is 6.80. The minimum Gasteiger partial charge on any atom is -0.468 e. The molecule has 0 aliphatic carbocycles. The normalized spacial score (nSPS) is 21.1. The number of nitrogens with zero attached hydrogens (tertiary/aromatic N) is 1. The molecule has 0 aromatic rings. The summed E-state index contributed by atoms with van der Waals surface area (Å²) in [5, 5.41) is 3.26. The first-order chi connectivity index (χ1) is 9.01. The van der Waals surface area contributed by atoms with Gasteiger partial charge in [0.05, 0.1) is 7.11 Å². The summed E-state index contributed by atoms with van der Waals surface area (Å²) in [5.41, 5.74) is -0.535. The molecule has 0 saturated carbocycles. The summed E-state index contributed by atoms with van der Waals surface area (Å²) >= 11 is 0. The van der Waals surface area contributed by atoms with Gasteiger partial charge in [0.25, 0.3) is 0 Å². The number of likely N-dealkylation sites (N-methyl/N-ethyl adjacent to an activating group) is 1. The molecule has 0 spiro atoms. The highest BCUT2D eigenvalue weighted by atomic mass is 16.5. The lowest BCUT2D eigenvalue weighted by Crippen LogP contribution is -2.50. The van der Waals surface area contributed by atoms with Crippen LogP contribution in [0.15, 0.2) is 0 Å². The van der Waals surface area contributed by atoms with E-state index < -0.39 is 5.54 Å². The van der Waals surface area contributed by atoms with Gasteiger partial charge in [-0.1, -0.05) is 13.8 Å². The lowest BCUT2D eigenvalue weighted by molar-refractivity contribution is -0.148. The van der Waals surface area contributed by atoms with Crippen LogP contribution in [0.5, 0.6) is 0 Å². The van der Waals surface area contributed by atoms with E-state index in [-0.39, 0.29) is 5.97 Å². The van der Waals surface area contributed by atoms with Crippen molar-refractivity contribution in [2.75, 3.05) is 33.3 Å². The zero-order valence-corrected chi connectivity index (χ0v) is 13.0. The topological polar surface area (TPSA) is 41.6 Å². The highest BCUT2D eigenvalue weighted by Crippen LogP contribution is 2.19. The molecule has 1 fully saturated rings. The fourth-order valence-electron chi connectivity index (χ4n) is 2.82. The molecule has 1 aliphatic heterocycles. The minimum atomic E-state index is -0.535. The molecule has 0 bridgehead atoms. The Balaban J connectivity index is 2.34. The molecule has 0 amide bonds.